The molecule has 1 N–H and O–H groups in total. The van der Waals surface area contributed by atoms with Crippen molar-refractivity contribution in [3.63, 3.8) is 0 Å². The summed E-state index contributed by atoms with van der Waals surface area (Å²) in [5, 5.41) is 2.65. The molecule has 0 bridgehead atoms. The molecule has 6 heteroatoms. The minimum absolute atomic E-state index is 0.0114. The molecule has 136 valence electrons. The number of halogens is 2. The van der Waals surface area contributed by atoms with Crippen LogP contribution in [0.4, 0.5) is 14.5 Å². The maximum absolute atomic E-state index is 12.7. The van der Waals surface area contributed by atoms with Crippen LogP contribution in [0.2, 0.25) is 0 Å². The summed E-state index contributed by atoms with van der Waals surface area (Å²) in [6.45, 7) is -2.92. The summed E-state index contributed by atoms with van der Waals surface area (Å²) < 4.78 is 28.6. The lowest BCUT2D eigenvalue weighted by Crippen LogP contribution is -2.17. The largest absolute Gasteiger partial charge is 0.435 e. The van der Waals surface area contributed by atoms with Crippen LogP contribution in [0.1, 0.15) is 26.3 Å². The summed E-state index contributed by atoms with van der Waals surface area (Å²) in [6, 6.07) is 20.7. The molecule has 0 aliphatic heterocycles. The number of amides is 1. The molecular formula is C21H15F2NO3. The van der Waals surface area contributed by atoms with Crippen LogP contribution < -0.4 is 10.1 Å². The highest BCUT2D eigenvalue weighted by atomic mass is 19.3. The highest BCUT2D eigenvalue weighted by Crippen LogP contribution is 2.20. The Morgan fingerprint density at radius 3 is 2.00 bits per heavy atom. The Morgan fingerprint density at radius 2 is 1.37 bits per heavy atom. The SMILES string of the molecule is O=C(Nc1ccc(OC(F)F)cc1)c1ccccc1C(=O)c1ccccc1. The average molecular weight is 367 g/mol. The highest BCUT2D eigenvalue weighted by Gasteiger charge is 2.18. The smallest absolute Gasteiger partial charge is 0.387 e. The predicted octanol–water partition coefficient (Wildman–Crippen LogP) is 4.77. The maximum atomic E-state index is 12.7. The van der Waals surface area contributed by atoms with Crippen LogP contribution in [-0.4, -0.2) is 18.3 Å². The summed E-state index contributed by atoms with van der Waals surface area (Å²) in [6.07, 6.45) is 0. The second-order valence-corrected chi connectivity index (χ2v) is 5.60. The summed E-state index contributed by atoms with van der Waals surface area (Å²) >= 11 is 0. The maximum Gasteiger partial charge on any atom is 0.387 e. The van der Waals surface area contributed by atoms with Gasteiger partial charge in [-0.3, -0.25) is 9.59 Å². The van der Waals surface area contributed by atoms with Gasteiger partial charge < -0.3 is 10.1 Å². The number of alkyl halides is 2. The minimum Gasteiger partial charge on any atom is -0.435 e. The number of hydrogen-bond acceptors (Lipinski definition) is 3. The molecule has 0 aliphatic rings. The van der Waals surface area contributed by atoms with Gasteiger partial charge in [0.05, 0.1) is 5.56 Å². The Kier molecular flexibility index (Phi) is 5.56. The summed E-state index contributed by atoms with van der Waals surface area (Å²) in [7, 11) is 0. The number of rotatable bonds is 6. The molecule has 3 rings (SSSR count). The first-order chi connectivity index (χ1) is 13.0. The lowest BCUT2D eigenvalue weighted by Gasteiger charge is -2.10. The molecule has 0 spiro atoms. The molecule has 0 aromatic heterocycles. The predicted molar refractivity (Wildman–Crippen MR) is 97.3 cm³/mol. The molecule has 0 aliphatic carbocycles. The normalized spacial score (nSPS) is 10.5. The summed E-state index contributed by atoms with van der Waals surface area (Å²) in [5.74, 6) is -0.748. The van der Waals surface area contributed by atoms with Gasteiger partial charge in [-0.2, -0.15) is 8.78 Å². The molecule has 0 unspecified atom stereocenters. The van der Waals surface area contributed by atoms with Gasteiger partial charge >= 0.3 is 6.61 Å². The number of benzene rings is 3. The zero-order valence-corrected chi connectivity index (χ0v) is 14.1. The van der Waals surface area contributed by atoms with Gasteiger partial charge in [-0.1, -0.05) is 48.5 Å². The van der Waals surface area contributed by atoms with Gasteiger partial charge in [0, 0.05) is 16.8 Å². The van der Waals surface area contributed by atoms with Crippen LogP contribution in [0.5, 0.6) is 5.75 Å². The van der Waals surface area contributed by atoms with Crippen molar-refractivity contribution in [2.75, 3.05) is 5.32 Å². The second-order valence-electron chi connectivity index (χ2n) is 5.60. The van der Waals surface area contributed by atoms with Crippen LogP contribution in [-0.2, 0) is 0 Å². The van der Waals surface area contributed by atoms with Crippen LogP contribution >= 0.6 is 0 Å². The van der Waals surface area contributed by atoms with Crippen molar-refractivity contribution in [1.29, 1.82) is 0 Å². The Bertz CT molecular complexity index is 941. The zero-order valence-electron chi connectivity index (χ0n) is 14.1. The fourth-order valence-corrected chi connectivity index (χ4v) is 2.54. The molecule has 0 heterocycles. The van der Waals surface area contributed by atoms with Crippen molar-refractivity contribution in [3.8, 4) is 5.75 Å². The van der Waals surface area contributed by atoms with E-state index in [-0.39, 0.29) is 22.7 Å². The van der Waals surface area contributed by atoms with Crippen molar-refractivity contribution in [2.24, 2.45) is 0 Å². The number of nitrogens with one attached hydrogen (secondary N) is 1. The molecule has 1 amide bonds. The first-order valence-electron chi connectivity index (χ1n) is 8.09. The molecule has 3 aromatic rings. The van der Waals surface area contributed by atoms with E-state index < -0.39 is 12.5 Å². The number of carbonyl (C=O) groups excluding carboxylic acids is 2. The molecule has 0 saturated carbocycles. The number of ketones is 1. The fraction of sp³-hybridized carbons (Fsp3) is 0.0476. The van der Waals surface area contributed by atoms with E-state index in [9.17, 15) is 18.4 Å². The van der Waals surface area contributed by atoms with Crippen molar-refractivity contribution >= 4 is 17.4 Å². The highest BCUT2D eigenvalue weighted by molar-refractivity contribution is 6.17. The van der Waals surface area contributed by atoms with Gasteiger partial charge in [0.1, 0.15) is 5.75 Å². The van der Waals surface area contributed by atoms with Gasteiger partial charge in [-0.25, -0.2) is 0 Å². The van der Waals surface area contributed by atoms with Gasteiger partial charge in [0.15, 0.2) is 5.78 Å². The van der Waals surface area contributed by atoms with E-state index in [0.29, 0.717) is 11.3 Å². The van der Waals surface area contributed by atoms with Crippen LogP contribution in [0, 0.1) is 0 Å². The average Bonchev–Trinajstić information content (AvgIpc) is 2.69. The second kappa shape index (κ2) is 8.23. The van der Waals surface area contributed by atoms with E-state index in [4.69, 9.17) is 0 Å². The van der Waals surface area contributed by atoms with E-state index in [1.165, 1.54) is 24.3 Å². The fourth-order valence-electron chi connectivity index (χ4n) is 2.54. The number of carbonyl (C=O) groups is 2. The monoisotopic (exact) mass is 367 g/mol. The molecule has 4 nitrogen and oxygen atoms in total. The van der Waals surface area contributed by atoms with E-state index >= 15 is 0 Å². The van der Waals surface area contributed by atoms with Gasteiger partial charge in [0.2, 0.25) is 0 Å². The molecule has 0 radical (unpaired) electrons. The van der Waals surface area contributed by atoms with Crippen LogP contribution in [0.15, 0.2) is 78.9 Å². The standard InChI is InChI=1S/C21H15F2NO3/c22-21(23)27-16-12-10-15(11-13-16)24-20(26)18-9-5-4-8-17(18)19(25)14-6-2-1-3-7-14/h1-13,21H,(H,24,26). The Morgan fingerprint density at radius 1 is 0.778 bits per heavy atom. The number of hydrogen-bond donors (Lipinski definition) is 1. The Hall–Kier alpha value is -3.54. The van der Waals surface area contributed by atoms with Crippen LogP contribution in [0.25, 0.3) is 0 Å². The van der Waals surface area contributed by atoms with E-state index in [2.05, 4.69) is 10.1 Å². The van der Waals surface area contributed by atoms with Gasteiger partial charge in [-0.05, 0) is 30.3 Å². The first-order valence-corrected chi connectivity index (χ1v) is 8.09. The minimum atomic E-state index is -2.92. The summed E-state index contributed by atoms with van der Waals surface area (Å²) in [4.78, 5) is 25.3. The van der Waals surface area contributed by atoms with Crippen molar-refractivity contribution in [1.82, 2.24) is 0 Å². The Labute approximate surface area is 154 Å². The van der Waals surface area contributed by atoms with Crippen LogP contribution in [0.3, 0.4) is 0 Å². The lowest BCUT2D eigenvalue weighted by atomic mass is 9.98. The van der Waals surface area contributed by atoms with Crippen molar-refractivity contribution in [2.45, 2.75) is 6.61 Å². The first kappa shape index (κ1) is 18.3. The van der Waals surface area contributed by atoms with Crippen molar-refractivity contribution < 1.29 is 23.1 Å². The third-order valence-electron chi connectivity index (χ3n) is 3.79. The van der Waals surface area contributed by atoms with E-state index in [1.54, 1.807) is 54.6 Å². The van der Waals surface area contributed by atoms with E-state index in [1.807, 2.05) is 0 Å². The van der Waals surface area contributed by atoms with Gasteiger partial charge in [-0.15, -0.1) is 0 Å². The molecule has 0 saturated heterocycles. The lowest BCUT2D eigenvalue weighted by molar-refractivity contribution is -0.0498. The molecule has 0 atom stereocenters. The molecule has 27 heavy (non-hydrogen) atoms. The molecular weight excluding hydrogens is 352 g/mol. The quantitative estimate of drug-likeness (QED) is 0.639. The third kappa shape index (κ3) is 4.55. The number of ether oxygens (including phenoxy) is 1. The van der Waals surface area contributed by atoms with Gasteiger partial charge in [0.25, 0.3) is 5.91 Å². The zero-order chi connectivity index (χ0) is 19.2. The third-order valence-corrected chi connectivity index (χ3v) is 3.79. The van der Waals surface area contributed by atoms with Crippen molar-refractivity contribution in [3.05, 3.63) is 95.6 Å². The summed E-state index contributed by atoms with van der Waals surface area (Å²) in [5.41, 5.74) is 1.37. The molecule has 0 fully saturated rings. The molecule has 3 aromatic carbocycles. The number of anilines is 1. The van der Waals surface area contributed by atoms with E-state index in [0.717, 1.165) is 0 Å². The Balaban J connectivity index is 1.80. The topological polar surface area (TPSA) is 55.4 Å².